The van der Waals surface area contributed by atoms with Crippen molar-refractivity contribution in [1.82, 2.24) is 15.2 Å². The Morgan fingerprint density at radius 3 is 2.50 bits per heavy atom. The number of anilines is 1. The highest BCUT2D eigenvalue weighted by atomic mass is 16.2. The standard InChI is InChI=1S/C21H23N5O2/c1-3-4-13-26-21(28)18-8-6-5-7-17(18)19(25-26)20(27)24-23-14(2)15-9-11-16(22)12-10-15/h5-12H,3-4,13,22H2,1-2H3,(H,24,27)/b23-14-. The van der Waals surface area contributed by atoms with Crippen molar-refractivity contribution in [2.24, 2.45) is 5.10 Å². The van der Waals surface area contributed by atoms with Crippen molar-refractivity contribution in [1.29, 1.82) is 0 Å². The fourth-order valence-electron chi connectivity index (χ4n) is 2.84. The van der Waals surface area contributed by atoms with Gasteiger partial charge in [-0.05, 0) is 37.1 Å². The molecule has 7 nitrogen and oxygen atoms in total. The largest absolute Gasteiger partial charge is 0.399 e. The Labute approximate surface area is 162 Å². The third-order valence-electron chi connectivity index (χ3n) is 4.46. The molecule has 1 heterocycles. The number of rotatable bonds is 6. The van der Waals surface area contributed by atoms with Gasteiger partial charge in [0.15, 0.2) is 5.69 Å². The first-order valence-corrected chi connectivity index (χ1v) is 9.21. The fourth-order valence-corrected chi connectivity index (χ4v) is 2.84. The Morgan fingerprint density at radius 1 is 1.14 bits per heavy atom. The third kappa shape index (κ3) is 4.09. The van der Waals surface area contributed by atoms with Crippen molar-refractivity contribution in [2.45, 2.75) is 33.2 Å². The van der Waals surface area contributed by atoms with Gasteiger partial charge in [0.2, 0.25) is 0 Å². The van der Waals surface area contributed by atoms with Gasteiger partial charge in [-0.1, -0.05) is 43.7 Å². The number of hydrazone groups is 1. The van der Waals surface area contributed by atoms with E-state index in [4.69, 9.17) is 5.73 Å². The molecule has 0 unspecified atom stereocenters. The average Bonchev–Trinajstić information content (AvgIpc) is 2.72. The zero-order valence-electron chi connectivity index (χ0n) is 16.0. The quantitative estimate of drug-likeness (QED) is 0.392. The Bertz CT molecular complexity index is 1080. The molecule has 0 atom stereocenters. The van der Waals surface area contributed by atoms with Crippen LogP contribution in [0, 0.1) is 0 Å². The second kappa shape index (κ2) is 8.47. The van der Waals surface area contributed by atoms with Crippen LogP contribution in [0.4, 0.5) is 5.69 Å². The predicted molar refractivity (Wildman–Crippen MR) is 111 cm³/mol. The number of hydrogen-bond donors (Lipinski definition) is 2. The molecule has 0 aliphatic carbocycles. The van der Waals surface area contributed by atoms with Crippen molar-refractivity contribution in [2.75, 3.05) is 5.73 Å². The third-order valence-corrected chi connectivity index (χ3v) is 4.46. The summed E-state index contributed by atoms with van der Waals surface area (Å²) in [5.74, 6) is -0.462. The number of carbonyl (C=O) groups excluding carboxylic acids is 1. The van der Waals surface area contributed by atoms with Crippen LogP contribution in [-0.2, 0) is 6.54 Å². The van der Waals surface area contributed by atoms with Crippen LogP contribution >= 0.6 is 0 Å². The molecule has 1 amide bonds. The summed E-state index contributed by atoms with van der Waals surface area (Å²) in [4.78, 5) is 25.4. The van der Waals surface area contributed by atoms with E-state index in [2.05, 4.69) is 15.6 Å². The summed E-state index contributed by atoms with van der Waals surface area (Å²) in [6, 6.07) is 14.2. The lowest BCUT2D eigenvalue weighted by Gasteiger charge is -2.10. The highest BCUT2D eigenvalue weighted by Gasteiger charge is 2.16. The number of hydrogen-bond acceptors (Lipinski definition) is 5. The first-order valence-electron chi connectivity index (χ1n) is 9.21. The summed E-state index contributed by atoms with van der Waals surface area (Å²) in [6.45, 7) is 4.29. The second-order valence-electron chi connectivity index (χ2n) is 6.54. The van der Waals surface area contributed by atoms with Gasteiger partial charge in [-0.25, -0.2) is 10.1 Å². The van der Waals surface area contributed by atoms with Crippen LogP contribution in [0.5, 0.6) is 0 Å². The molecule has 0 saturated heterocycles. The lowest BCUT2D eigenvalue weighted by molar-refractivity contribution is 0.0949. The van der Waals surface area contributed by atoms with Crippen molar-refractivity contribution in [3.05, 3.63) is 70.1 Å². The molecule has 3 N–H and O–H groups in total. The molecule has 1 aromatic heterocycles. The van der Waals surface area contributed by atoms with E-state index in [0.29, 0.717) is 28.7 Å². The molecule has 0 fully saturated rings. The van der Waals surface area contributed by atoms with Gasteiger partial charge in [0, 0.05) is 17.6 Å². The molecule has 3 aromatic rings. The average molecular weight is 377 g/mol. The smallest absolute Gasteiger partial charge is 0.292 e. The van der Waals surface area contributed by atoms with Gasteiger partial charge in [-0.15, -0.1) is 0 Å². The summed E-state index contributed by atoms with van der Waals surface area (Å²) >= 11 is 0. The first kappa shape index (κ1) is 19.3. The maximum Gasteiger partial charge on any atom is 0.292 e. The number of benzene rings is 2. The summed E-state index contributed by atoms with van der Waals surface area (Å²) < 4.78 is 1.36. The normalized spacial score (nSPS) is 11.6. The number of nitrogens with one attached hydrogen (secondary N) is 1. The SMILES string of the molecule is CCCCn1nc(C(=O)N/N=C(/C)c2ccc(N)cc2)c2ccccc2c1=O. The minimum Gasteiger partial charge on any atom is -0.399 e. The molecule has 0 radical (unpaired) electrons. The van der Waals surface area contributed by atoms with E-state index in [1.54, 1.807) is 43.3 Å². The molecule has 0 aliphatic heterocycles. The Hall–Kier alpha value is -3.48. The van der Waals surface area contributed by atoms with E-state index >= 15 is 0 Å². The van der Waals surface area contributed by atoms with Gasteiger partial charge in [0.25, 0.3) is 11.5 Å². The van der Waals surface area contributed by atoms with Gasteiger partial charge in [-0.3, -0.25) is 9.59 Å². The van der Waals surface area contributed by atoms with Gasteiger partial charge in [-0.2, -0.15) is 10.2 Å². The van der Waals surface area contributed by atoms with Crippen molar-refractivity contribution in [3.63, 3.8) is 0 Å². The Morgan fingerprint density at radius 2 is 1.82 bits per heavy atom. The van der Waals surface area contributed by atoms with Crippen LogP contribution in [0.1, 0.15) is 42.7 Å². The van der Waals surface area contributed by atoms with Crippen LogP contribution in [0.2, 0.25) is 0 Å². The van der Waals surface area contributed by atoms with E-state index in [0.717, 1.165) is 18.4 Å². The van der Waals surface area contributed by atoms with E-state index < -0.39 is 5.91 Å². The number of nitrogen functional groups attached to an aromatic ring is 1. The molecule has 28 heavy (non-hydrogen) atoms. The fraction of sp³-hybridized carbons (Fsp3) is 0.238. The zero-order chi connectivity index (χ0) is 20.1. The molecule has 144 valence electrons. The molecule has 7 heteroatoms. The minimum atomic E-state index is -0.462. The predicted octanol–water partition coefficient (Wildman–Crippen LogP) is 2.93. The van der Waals surface area contributed by atoms with Crippen LogP contribution < -0.4 is 16.7 Å². The van der Waals surface area contributed by atoms with Crippen LogP contribution in [0.15, 0.2) is 58.4 Å². The number of carbonyl (C=O) groups is 1. The number of nitrogens with two attached hydrogens (primary N) is 1. The summed E-state index contributed by atoms with van der Waals surface area (Å²) in [6.07, 6.45) is 1.73. The molecule has 2 aromatic carbocycles. The van der Waals surface area contributed by atoms with Gasteiger partial charge >= 0.3 is 0 Å². The molecule has 3 rings (SSSR count). The number of amides is 1. The number of nitrogens with zero attached hydrogens (tertiary/aromatic N) is 3. The van der Waals surface area contributed by atoms with E-state index in [9.17, 15) is 9.59 Å². The lowest BCUT2D eigenvalue weighted by Crippen LogP contribution is -2.29. The Balaban J connectivity index is 1.94. The van der Waals surface area contributed by atoms with Crippen LogP contribution in [0.25, 0.3) is 10.8 Å². The number of aromatic nitrogens is 2. The van der Waals surface area contributed by atoms with Crippen molar-refractivity contribution in [3.8, 4) is 0 Å². The first-order chi connectivity index (χ1) is 13.5. The van der Waals surface area contributed by atoms with Crippen molar-refractivity contribution < 1.29 is 4.79 Å². The highest BCUT2D eigenvalue weighted by molar-refractivity contribution is 6.06. The van der Waals surface area contributed by atoms with E-state index in [1.807, 2.05) is 19.1 Å². The maximum atomic E-state index is 12.8. The van der Waals surface area contributed by atoms with Gasteiger partial charge in [0.05, 0.1) is 11.1 Å². The summed E-state index contributed by atoms with van der Waals surface area (Å²) in [5.41, 5.74) is 10.4. The minimum absolute atomic E-state index is 0.181. The molecule has 0 bridgehead atoms. The highest BCUT2D eigenvalue weighted by Crippen LogP contribution is 2.14. The summed E-state index contributed by atoms with van der Waals surface area (Å²) in [5, 5.41) is 9.46. The van der Waals surface area contributed by atoms with E-state index in [-0.39, 0.29) is 11.3 Å². The van der Waals surface area contributed by atoms with Crippen molar-refractivity contribution >= 4 is 28.1 Å². The van der Waals surface area contributed by atoms with Crippen LogP contribution in [0.3, 0.4) is 0 Å². The van der Waals surface area contributed by atoms with Gasteiger partial charge in [0.1, 0.15) is 0 Å². The number of fused-ring (bicyclic) bond motifs is 1. The molecule has 0 saturated carbocycles. The molecular weight excluding hydrogens is 354 g/mol. The van der Waals surface area contributed by atoms with Gasteiger partial charge < -0.3 is 5.73 Å². The lowest BCUT2D eigenvalue weighted by atomic mass is 10.1. The Kier molecular flexibility index (Phi) is 5.84. The molecule has 0 spiro atoms. The second-order valence-corrected chi connectivity index (χ2v) is 6.54. The maximum absolute atomic E-state index is 12.8. The van der Waals surface area contributed by atoms with E-state index in [1.165, 1.54) is 4.68 Å². The summed E-state index contributed by atoms with van der Waals surface area (Å²) in [7, 11) is 0. The van der Waals surface area contributed by atoms with Crippen LogP contribution in [-0.4, -0.2) is 21.4 Å². The topological polar surface area (TPSA) is 102 Å². The zero-order valence-corrected chi connectivity index (χ0v) is 16.0. The number of aryl methyl sites for hydroxylation is 1. The number of unbranched alkanes of at least 4 members (excludes halogenated alkanes) is 1. The monoisotopic (exact) mass is 377 g/mol. The molecule has 0 aliphatic rings. The molecular formula is C21H23N5O2.